The number of rotatable bonds is 7. The number of carbonyl (C=O) groups is 2. The summed E-state index contributed by atoms with van der Waals surface area (Å²) < 4.78 is 11.7. The van der Waals surface area contributed by atoms with Crippen molar-refractivity contribution in [2.45, 2.75) is 44.9 Å². The Hall–Kier alpha value is -2.48. The lowest BCUT2D eigenvalue weighted by Gasteiger charge is -2.43. The van der Waals surface area contributed by atoms with Crippen molar-refractivity contribution in [3.8, 4) is 0 Å². The van der Waals surface area contributed by atoms with E-state index in [9.17, 15) is 14.7 Å². The van der Waals surface area contributed by atoms with E-state index in [1.165, 1.54) is 17.5 Å². The molecule has 2 aromatic rings. The standard InChI is InChI=1S/C25H33NO5Si/c1-25(2,3)32(19-11-7-5-8-12-19,20-13-9-6-10-14-20)31-16-15-18-17-21(27)26-23(28)22(18)24(29)30-4/h5-14,18,21-22,27H,15-17H2,1-4H3,(H,26,28)/t18-,21?,22+/m1/s1. The molecule has 1 heterocycles. The number of hydrogen-bond donors (Lipinski definition) is 2. The molecule has 0 aliphatic carbocycles. The SMILES string of the molecule is COC(=O)[C@@H]1C(=O)NC(O)C[C@H]1CCO[Si](c1ccccc1)(c1ccccc1)C(C)(C)C. The molecular formula is C25H33NO5Si. The number of aliphatic hydroxyl groups is 1. The number of methoxy groups -OCH3 is 1. The third kappa shape index (κ3) is 4.80. The van der Waals surface area contributed by atoms with Crippen LogP contribution in [0.25, 0.3) is 0 Å². The topological polar surface area (TPSA) is 84.9 Å². The van der Waals surface area contributed by atoms with Crippen molar-refractivity contribution in [1.29, 1.82) is 0 Å². The van der Waals surface area contributed by atoms with Crippen LogP contribution in [-0.2, 0) is 18.8 Å². The van der Waals surface area contributed by atoms with E-state index in [1.54, 1.807) is 0 Å². The van der Waals surface area contributed by atoms with Crippen LogP contribution in [0.15, 0.2) is 60.7 Å². The molecule has 1 fully saturated rings. The Bertz CT molecular complexity index is 873. The zero-order valence-corrected chi connectivity index (χ0v) is 20.2. The summed E-state index contributed by atoms with van der Waals surface area (Å²) in [6, 6.07) is 20.6. The minimum atomic E-state index is -2.70. The molecule has 2 aromatic carbocycles. The molecule has 1 unspecified atom stereocenters. The average Bonchev–Trinajstić information content (AvgIpc) is 2.76. The molecule has 172 valence electrons. The van der Waals surface area contributed by atoms with Crippen molar-refractivity contribution >= 4 is 30.6 Å². The number of piperidine rings is 1. The second-order valence-electron chi connectivity index (χ2n) is 9.32. The van der Waals surface area contributed by atoms with Crippen LogP contribution in [0.4, 0.5) is 0 Å². The maximum absolute atomic E-state index is 12.4. The van der Waals surface area contributed by atoms with Crippen LogP contribution < -0.4 is 15.7 Å². The first-order chi connectivity index (χ1) is 15.2. The Kier molecular flexibility index (Phi) is 7.54. The molecule has 0 spiro atoms. The molecule has 32 heavy (non-hydrogen) atoms. The van der Waals surface area contributed by atoms with Gasteiger partial charge in [-0.2, -0.15) is 0 Å². The summed E-state index contributed by atoms with van der Waals surface area (Å²) in [5.74, 6) is -2.37. The maximum Gasteiger partial charge on any atom is 0.318 e. The van der Waals surface area contributed by atoms with Crippen molar-refractivity contribution in [1.82, 2.24) is 5.32 Å². The molecule has 0 saturated carbocycles. The van der Waals surface area contributed by atoms with Crippen molar-refractivity contribution in [2.75, 3.05) is 13.7 Å². The molecule has 0 bridgehead atoms. The molecule has 1 aliphatic rings. The normalized spacial score (nSPS) is 21.7. The third-order valence-corrected chi connectivity index (χ3v) is 11.3. The van der Waals surface area contributed by atoms with Crippen molar-refractivity contribution in [3.63, 3.8) is 0 Å². The number of nitrogens with one attached hydrogen (secondary N) is 1. The highest BCUT2D eigenvalue weighted by atomic mass is 28.4. The predicted octanol–water partition coefficient (Wildman–Crippen LogP) is 2.20. The van der Waals surface area contributed by atoms with Gasteiger partial charge in [0.2, 0.25) is 5.91 Å². The van der Waals surface area contributed by atoms with Crippen LogP contribution >= 0.6 is 0 Å². The van der Waals surface area contributed by atoms with Gasteiger partial charge >= 0.3 is 5.97 Å². The second kappa shape index (κ2) is 9.98. The Morgan fingerprint density at radius 2 is 1.59 bits per heavy atom. The largest absolute Gasteiger partial charge is 0.468 e. The van der Waals surface area contributed by atoms with Crippen LogP contribution in [-0.4, -0.2) is 45.2 Å². The lowest BCUT2D eigenvalue weighted by Crippen LogP contribution is -2.66. The molecule has 1 amide bonds. The maximum atomic E-state index is 12.4. The lowest BCUT2D eigenvalue weighted by atomic mass is 9.83. The van der Waals surface area contributed by atoms with E-state index in [2.05, 4.69) is 50.4 Å². The van der Waals surface area contributed by atoms with Crippen LogP contribution in [0.3, 0.4) is 0 Å². The van der Waals surface area contributed by atoms with Gasteiger partial charge in [-0.3, -0.25) is 9.59 Å². The van der Waals surface area contributed by atoms with Crippen molar-refractivity contribution < 1.29 is 23.9 Å². The molecule has 2 N–H and O–H groups in total. The number of hydrogen-bond acceptors (Lipinski definition) is 5. The number of esters is 1. The van der Waals surface area contributed by atoms with E-state index in [1.807, 2.05) is 36.4 Å². The van der Waals surface area contributed by atoms with E-state index in [0.717, 1.165) is 0 Å². The van der Waals surface area contributed by atoms with E-state index >= 15 is 0 Å². The summed E-state index contributed by atoms with van der Waals surface area (Å²) in [6.07, 6.45) is -0.217. The zero-order valence-electron chi connectivity index (χ0n) is 19.2. The molecule has 0 aromatic heterocycles. The Morgan fingerprint density at radius 3 is 2.06 bits per heavy atom. The van der Waals surface area contributed by atoms with Gasteiger partial charge in [-0.15, -0.1) is 0 Å². The quantitative estimate of drug-likeness (QED) is 0.380. The highest BCUT2D eigenvalue weighted by Gasteiger charge is 2.50. The van der Waals surface area contributed by atoms with Gasteiger partial charge in [-0.25, -0.2) is 0 Å². The summed E-state index contributed by atoms with van der Waals surface area (Å²) in [5, 5.41) is 14.7. The summed E-state index contributed by atoms with van der Waals surface area (Å²) in [5.41, 5.74) is 0. The lowest BCUT2D eigenvalue weighted by molar-refractivity contribution is -0.157. The molecule has 1 saturated heterocycles. The zero-order chi connectivity index (χ0) is 23.4. The Labute approximate surface area is 191 Å². The molecule has 6 nitrogen and oxygen atoms in total. The van der Waals surface area contributed by atoms with Crippen LogP contribution in [0.1, 0.15) is 33.6 Å². The number of carbonyl (C=O) groups excluding carboxylic acids is 2. The molecule has 3 atom stereocenters. The fourth-order valence-electron chi connectivity index (χ4n) is 4.79. The Balaban J connectivity index is 1.92. The summed E-state index contributed by atoms with van der Waals surface area (Å²) in [6.45, 7) is 6.97. The van der Waals surface area contributed by atoms with Crippen LogP contribution in [0.5, 0.6) is 0 Å². The second-order valence-corrected chi connectivity index (χ2v) is 13.6. The molecular weight excluding hydrogens is 422 g/mol. The number of aliphatic hydroxyl groups excluding tert-OH is 1. The predicted molar refractivity (Wildman–Crippen MR) is 126 cm³/mol. The first-order valence-electron chi connectivity index (χ1n) is 11.0. The van der Waals surface area contributed by atoms with Gasteiger partial charge in [-0.1, -0.05) is 81.4 Å². The minimum Gasteiger partial charge on any atom is -0.468 e. The number of amides is 1. The molecule has 3 rings (SSSR count). The fraction of sp³-hybridized carbons (Fsp3) is 0.440. The van der Waals surface area contributed by atoms with E-state index in [-0.39, 0.29) is 17.4 Å². The van der Waals surface area contributed by atoms with Crippen LogP contribution in [0.2, 0.25) is 5.04 Å². The first-order valence-corrected chi connectivity index (χ1v) is 12.9. The summed E-state index contributed by atoms with van der Waals surface area (Å²) in [4.78, 5) is 24.6. The van der Waals surface area contributed by atoms with E-state index < -0.39 is 32.3 Å². The van der Waals surface area contributed by atoms with Gasteiger partial charge in [0.15, 0.2) is 0 Å². The van der Waals surface area contributed by atoms with Gasteiger partial charge in [0.05, 0.1) is 7.11 Å². The third-order valence-electron chi connectivity index (χ3n) is 6.27. The van der Waals surface area contributed by atoms with Gasteiger partial charge < -0.3 is 19.6 Å². The average molecular weight is 456 g/mol. The highest BCUT2D eigenvalue weighted by molar-refractivity contribution is 6.99. The molecule has 1 aliphatic heterocycles. The van der Waals surface area contributed by atoms with E-state index in [0.29, 0.717) is 13.0 Å². The monoisotopic (exact) mass is 455 g/mol. The van der Waals surface area contributed by atoms with Crippen molar-refractivity contribution in [3.05, 3.63) is 60.7 Å². The van der Waals surface area contributed by atoms with Gasteiger partial charge in [0.25, 0.3) is 8.32 Å². The van der Waals surface area contributed by atoms with E-state index in [4.69, 9.17) is 9.16 Å². The minimum absolute atomic E-state index is 0.166. The van der Waals surface area contributed by atoms with Crippen LogP contribution in [0, 0.1) is 11.8 Å². The Morgan fingerprint density at radius 1 is 1.06 bits per heavy atom. The summed E-state index contributed by atoms with van der Waals surface area (Å²) in [7, 11) is -1.43. The smallest absolute Gasteiger partial charge is 0.318 e. The highest BCUT2D eigenvalue weighted by Crippen LogP contribution is 2.37. The molecule has 0 radical (unpaired) electrons. The number of benzene rings is 2. The summed E-state index contributed by atoms with van der Waals surface area (Å²) >= 11 is 0. The fourth-order valence-corrected chi connectivity index (χ4v) is 9.37. The molecule has 7 heteroatoms. The van der Waals surface area contributed by atoms with Gasteiger partial charge in [0, 0.05) is 6.61 Å². The first kappa shape index (κ1) is 24.2. The van der Waals surface area contributed by atoms with Gasteiger partial charge in [-0.05, 0) is 34.2 Å². The van der Waals surface area contributed by atoms with Crippen molar-refractivity contribution in [2.24, 2.45) is 11.8 Å². The number of ether oxygens (including phenoxy) is 1. The van der Waals surface area contributed by atoms with Gasteiger partial charge in [0.1, 0.15) is 12.1 Å².